The second-order valence-corrected chi connectivity index (χ2v) is 5.43. The van der Waals surface area contributed by atoms with Gasteiger partial charge in [0.1, 0.15) is 5.75 Å². The summed E-state index contributed by atoms with van der Waals surface area (Å²) in [5.74, 6) is -0.770. The second kappa shape index (κ2) is 5.18. The van der Waals surface area contributed by atoms with Gasteiger partial charge < -0.3 is 10.2 Å². The minimum atomic E-state index is -0.968. The number of hydrogen-bond donors (Lipinski definition) is 2. The van der Waals surface area contributed by atoms with Crippen LogP contribution < -0.4 is 0 Å². The van der Waals surface area contributed by atoms with Gasteiger partial charge in [0.15, 0.2) is 0 Å². The minimum absolute atomic E-state index is 0.198. The molecular weight excluding hydrogens is 334 g/mol. The average Bonchev–Trinajstić information content (AvgIpc) is 2.46. The number of carboxylic acids is 1. The zero-order valence-electron chi connectivity index (χ0n) is 10.7. The predicted molar refractivity (Wildman–Crippen MR) is 83.5 cm³/mol. The van der Waals surface area contributed by atoms with Crippen LogP contribution in [0.15, 0.2) is 53.0 Å². The van der Waals surface area contributed by atoms with Gasteiger partial charge in [-0.25, -0.2) is 9.78 Å². The Kier molecular flexibility index (Phi) is 3.35. The molecule has 21 heavy (non-hydrogen) atoms. The highest BCUT2D eigenvalue weighted by molar-refractivity contribution is 9.10. The lowest BCUT2D eigenvalue weighted by Gasteiger charge is -2.07. The highest BCUT2D eigenvalue weighted by Crippen LogP contribution is 2.30. The van der Waals surface area contributed by atoms with Crippen LogP contribution in [0, 0.1) is 0 Å². The third kappa shape index (κ3) is 2.60. The standard InChI is InChI=1S/C16H10BrNO3/c17-13-8-10(16(20)21)1-4-12(13)15-5-2-9-7-11(19)3-6-14(9)18-15/h1-8,19H,(H,20,21). The summed E-state index contributed by atoms with van der Waals surface area (Å²) in [6, 6.07) is 13.5. The van der Waals surface area contributed by atoms with E-state index in [0.717, 1.165) is 22.2 Å². The summed E-state index contributed by atoms with van der Waals surface area (Å²) in [4.78, 5) is 15.5. The molecule has 4 nitrogen and oxygen atoms in total. The molecular formula is C16H10BrNO3. The monoisotopic (exact) mass is 343 g/mol. The van der Waals surface area contributed by atoms with Crippen LogP contribution >= 0.6 is 15.9 Å². The van der Waals surface area contributed by atoms with Gasteiger partial charge in [-0.1, -0.05) is 28.1 Å². The van der Waals surface area contributed by atoms with Gasteiger partial charge in [-0.2, -0.15) is 0 Å². The van der Waals surface area contributed by atoms with Crippen molar-refractivity contribution in [2.45, 2.75) is 0 Å². The quantitative estimate of drug-likeness (QED) is 0.735. The number of phenols is 1. The van der Waals surface area contributed by atoms with Crippen molar-refractivity contribution in [1.82, 2.24) is 4.98 Å². The van der Waals surface area contributed by atoms with Crippen LogP contribution in [-0.4, -0.2) is 21.2 Å². The fourth-order valence-corrected chi connectivity index (χ4v) is 2.70. The highest BCUT2D eigenvalue weighted by atomic mass is 79.9. The van der Waals surface area contributed by atoms with E-state index in [9.17, 15) is 9.90 Å². The van der Waals surface area contributed by atoms with Gasteiger partial charge in [0, 0.05) is 15.4 Å². The van der Waals surface area contributed by atoms with Crippen LogP contribution in [0.2, 0.25) is 0 Å². The Hall–Kier alpha value is -2.40. The molecule has 0 saturated heterocycles. The van der Waals surface area contributed by atoms with E-state index >= 15 is 0 Å². The molecule has 0 bridgehead atoms. The molecule has 0 unspecified atom stereocenters. The number of pyridine rings is 1. The number of aromatic carboxylic acids is 1. The number of hydrogen-bond acceptors (Lipinski definition) is 3. The number of carboxylic acid groups (broad SMARTS) is 1. The summed E-state index contributed by atoms with van der Waals surface area (Å²) in [5, 5.41) is 19.3. The third-order valence-electron chi connectivity index (χ3n) is 3.16. The maximum Gasteiger partial charge on any atom is 0.335 e. The zero-order chi connectivity index (χ0) is 15.0. The number of nitrogens with zero attached hydrogens (tertiary/aromatic N) is 1. The van der Waals surface area contributed by atoms with E-state index in [4.69, 9.17) is 5.11 Å². The van der Waals surface area contributed by atoms with Crippen LogP contribution in [0.1, 0.15) is 10.4 Å². The maximum atomic E-state index is 10.9. The van der Waals surface area contributed by atoms with Gasteiger partial charge >= 0.3 is 5.97 Å². The fraction of sp³-hybridized carbons (Fsp3) is 0. The second-order valence-electron chi connectivity index (χ2n) is 4.57. The van der Waals surface area contributed by atoms with E-state index < -0.39 is 5.97 Å². The number of carbonyl (C=O) groups is 1. The fourth-order valence-electron chi connectivity index (χ4n) is 2.12. The molecule has 1 heterocycles. The van der Waals surface area contributed by atoms with Crippen LogP contribution in [0.3, 0.4) is 0 Å². The molecule has 1 aromatic heterocycles. The Morgan fingerprint density at radius 1 is 1.05 bits per heavy atom. The van der Waals surface area contributed by atoms with Crippen LogP contribution in [0.5, 0.6) is 5.75 Å². The summed E-state index contributed by atoms with van der Waals surface area (Å²) in [6.07, 6.45) is 0. The average molecular weight is 344 g/mol. The molecule has 3 rings (SSSR count). The Morgan fingerprint density at radius 3 is 2.57 bits per heavy atom. The van der Waals surface area contributed by atoms with Crippen molar-refractivity contribution in [3.05, 3.63) is 58.6 Å². The van der Waals surface area contributed by atoms with Crippen molar-refractivity contribution in [2.24, 2.45) is 0 Å². The van der Waals surface area contributed by atoms with Gasteiger partial charge in [-0.05, 0) is 36.4 Å². The zero-order valence-corrected chi connectivity index (χ0v) is 12.3. The van der Waals surface area contributed by atoms with Crippen molar-refractivity contribution in [2.75, 3.05) is 0 Å². The molecule has 2 N–H and O–H groups in total. The van der Waals surface area contributed by atoms with Crippen molar-refractivity contribution < 1.29 is 15.0 Å². The summed E-state index contributed by atoms with van der Waals surface area (Å²) in [6.45, 7) is 0. The van der Waals surface area contributed by atoms with Gasteiger partial charge in [0.2, 0.25) is 0 Å². The van der Waals surface area contributed by atoms with Crippen molar-refractivity contribution in [3.63, 3.8) is 0 Å². The molecule has 3 aromatic rings. The number of aromatic nitrogens is 1. The molecule has 0 fully saturated rings. The molecule has 0 aliphatic carbocycles. The molecule has 0 aliphatic heterocycles. The Labute approximate surface area is 128 Å². The number of phenolic OH excluding ortho intramolecular Hbond substituents is 1. The molecule has 104 valence electrons. The molecule has 0 atom stereocenters. The molecule has 2 aromatic carbocycles. The lowest BCUT2D eigenvalue weighted by Crippen LogP contribution is -1.96. The summed E-state index contributed by atoms with van der Waals surface area (Å²) in [5.41, 5.74) is 2.53. The van der Waals surface area contributed by atoms with Crippen molar-refractivity contribution in [1.29, 1.82) is 0 Å². The lowest BCUT2D eigenvalue weighted by molar-refractivity contribution is 0.0697. The first kappa shape index (κ1) is 13.6. The number of aromatic hydroxyl groups is 1. The summed E-state index contributed by atoms with van der Waals surface area (Å²) < 4.78 is 0.674. The smallest absolute Gasteiger partial charge is 0.335 e. The minimum Gasteiger partial charge on any atom is -0.508 e. The van der Waals surface area contributed by atoms with Gasteiger partial charge in [0.25, 0.3) is 0 Å². The first-order valence-electron chi connectivity index (χ1n) is 6.17. The number of benzene rings is 2. The Bertz CT molecular complexity index is 861. The van der Waals surface area contributed by atoms with E-state index in [0.29, 0.717) is 4.47 Å². The van der Waals surface area contributed by atoms with E-state index in [1.165, 1.54) is 0 Å². The number of fused-ring (bicyclic) bond motifs is 1. The lowest BCUT2D eigenvalue weighted by atomic mass is 10.1. The molecule has 5 heteroatoms. The predicted octanol–water partition coefficient (Wildman–Crippen LogP) is 4.07. The molecule has 0 aliphatic rings. The van der Waals surface area contributed by atoms with E-state index in [-0.39, 0.29) is 11.3 Å². The Morgan fingerprint density at radius 2 is 1.86 bits per heavy atom. The van der Waals surface area contributed by atoms with Crippen LogP contribution in [0.25, 0.3) is 22.2 Å². The number of rotatable bonds is 2. The molecule has 0 radical (unpaired) electrons. The third-order valence-corrected chi connectivity index (χ3v) is 3.82. The van der Waals surface area contributed by atoms with Gasteiger partial charge in [-0.3, -0.25) is 0 Å². The van der Waals surface area contributed by atoms with E-state index in [1.807, 2.05) is 12.1 Å². The van der Waals surface area contributed by atoms with E-state index in [2.05, 4.69) is 20.9 Å². The summed E-state index contributed by atoms with van der Waals surface area (Å²) >= 11 is 3.38. The highest BCUT2D eigenvalue weighted by Gasteiger charge is 2.10. The molecule has 0 spiro atoms. The normalized spacial score (nSPS) is 10.7. The topological polar surface area (TPSA) is 70.4 Å². The molecule has 0 saturated carbocycles. The summed E-state index contributed by atoms with van der Waals surface area (Å²) in [7, 11) is 0. The SMILES string of the molecule is O=C(O)c1ccc(-c2ccc3cc(O)ccc3n2)c(Br)c1. The van der Waals surface area contributed by atoms with Gasteiger partial charge in [0.05, 0.1) is 16.8 Å². The molecule has 0 amide bonds. The van der Waals surface area contributed by atoms with Crippen molar-refractivity contribution in [3.8, 4) is 17.0 Å². The first-order chi connectivity index (χ1) is 10.0. The van der Waals surface area contributed by atoms with Gasteiger partial charge in [-0.15, -0.1) is 0 Å². The Balaban J connectivity index is 2.12. The van der Waals surface area contributed by atoms with Crippen LogP contribution in [-0.2, 0) is 0 Å². The largest absolute Gasteiger partial charge is 0.508 e. The first-order valence-corrected chi connectivity index (χ1v) is 6.97. The maximum absolute atomic E-state index is 10.9. The van der Waals surface area contributed by atoms with Crippen molar-refractivity contribution >= 4 is 32.8 Å². The number of halogens is 1. The van der Waals surface area contributed by atoms with Crippen LogP contribution in [0.4, 0.5) is 0 Å². The van der Waals surface area contributed by atoms with E-state index in [1.54, 1.807) is 36.4 Å².